The first-order valence-electron chi connectivity index (χ1n) is 25.8. The molecule has 2 atom stereocenters. The maximum atomic E-state index is 10.9. The summed E-state index contributed by atoms with van der Waals surface area (Å²) in [5, 5.41) is 62.4. The SMILES string of the molecule is CCCCCCCC/C=C\CCCCCCCCC(O)(CC(=O)[O-])C(=O)[O-].CCCCCCCC/C=C\CCCCCCCCC(O)(CC(=O)[O-])C(=O)[O-].CCC[CH2][SnH2+4][CH2]CCC. The van der Waals surface area contributed by atoms with Gasteiger partial charge >= 0.3 is 69.5 Å². The number of carboxylic acid groups (broad SMARTS) is 4. The standard InChI is InChI=1S/2C22H40O5.2C4H9.Sn.2H/c2*1-2-3-4-5-6-7-8-9-10-11-12-13-14-15-16-17-18-22(27,21(25)26)19-20(23)24;2*1-3-4-2;;;/h2*9-10,27H,2-8,11-19H2,1H3,(H,23,24)(H,25,26);2*1,3-4H2,2H3;;;/q;;;;+4;;/p-4/b2*10-9-;;;;;. The average Bonchev–Trinajstić information content (AvgIpc) is 3.23. The Bertz CT molecular complexity index is 1030. The van der Waals surface area contributed by atoms with Gasteiger partial charge in [-0.15, -0.1) is 0 Å². The fourth-order valence-corrected chi connectivity index (χ4v) is 13.2. The van der Waals surface area contributed by atoms with Crippen molar-refractivity contribution in [3.05, 3.63) is 24.3 Å². The molecular weight excluding hydrogens is 903 g/mol. The van der Waals surface area contributed by atoms with Gasteiger partial charge in [-0.05, 0) is 64.2 Å². The fourth-order valence-electron chi connectivity index (χ4n) is 7.36. The monoisotopic (exact) mass is 1000 g/mol. The van der Waals surface area contributed by atoms with Crippen molar-refractivity contribution in [3.63, 3.8) is 0 Å². The van der Waals surface area contributed by atoms with Gasteiger partial charge < -0.3 is 49.8 Å². The molecular formula is C52H96O10Sn. The first-order chi connectivity index (χ1) is 30.3. The Kier molecular flexibility index (Phi) is 51.4. The maximum absolute atomic E-state index is 10.9. The van der Waals surface area contributed by atoms with E-state index in [1.807, 2.05) is 0 Å². The van der Waals surface area contributed by atoms with Crippen molar-refractivity contribution in [3.8, 4) is 0 Å². The van der Waals surface area contributed by atoms with Crippen LogP contribution in [0.2, 0.25) is 8.87 Å². The van der Waals surface area contributed by atoms with Gasteiger partial charge in [0.1, 0.15) is 11.2 Å². The van der Waals surface area contributed by atoms with Gasteiger partial charge in [0, 0.05) is 24.8 Å². The third-order valence-electron chi connectivity index (χ3n) is 11.5. The van der Waals surface area contributed by atoms with E-state index in [1.165, 1.54) is 116 Å². The topological polar surface area (TPSA) is 201 Å². The summed E-state index contributed by atoms with van der Waals surface area (Å²) in [4.78, 5) is 42.8. The molecule has 0 spiro atoms. The van der Waals surface area contributed by atoms with E-state index in [1.54, 1.807) is 8.87 Å². The van der Waals surface area contributed by atoms with Gasteiger partial charge in [0.15, 0.2) is 0 Å². The van der Waals surface area contributed by atoms with Crippen molar-refractivity contribution in [2.45, 2.75) is 279 Å². The Morgan fingerprint density at radius 3 is 0.857 bits per heavy atom. The molecule has 0 heterocycles. The minimum atomic E-state index is -2.31. The Labute approximate surface area is 396 Å². The van der Waals surface area contributed by atoms with Crippen molar-refractivity contribution in [1.29, 1.82) is 0 Å². The molecule has 0 bridgehead atoms. The number of carbonyl (C=O) groups is 4. The number of hydrogen-bond acceptors (Lipinski definition) is 10. The van der Waals surface area contributed by atoms with Crippen LogP contribution < -0.4 is 20.4 Å². The summed E-state index contributed by atoms with van der Waals surface area (Å²) in [6, 6.07) is 0. The summed E-state index contributed by atoms with van der Waals surface area (Å²) >= 11 is -0.159. The zero-order valence-corrected chi connectivity index (χ0v) is 45.1. The zero-order chi connectivity index (χ0) is 47.7. The van der Waals surface area contributed by atoms with E-state index in [-0.39, 0.29) is 34.0 Å². The van der Waals surface area contributed by atoms with Crippen LogP contribution in [0.4, 0.5) is 0 Å². The summed E-state index contributed by atoms with van der Waals surface area (Å²) in [5.74, 6) is -6.63. The van der Waals surface area contributed by atoms with Gasteiger partial charge in [-0.2, -0.15) is 0 Å². The number of allylic oxidation sites excluding steroid dienone is 4. The van der Waals surface area contributed by atoms with Crippen molar-refractivity contribution >= 4 is 45.0 Å². The van der Waals surface area contributed by atoms with Gasteiger partial charge in [0.25, 0.3) is 0 Å². The van der Waals surface area contributed by atoms with Gasteiger partial charge in [-0.1, -0.05) is 167 Å². The van der Waals surface area contributed by atoms with Crippen LogP contribution in [0, 0.1) is 0 Å². The number of rotatable bonds is 44. The molecule has 0 aliphatic rings. The molecule has 0 rings (SSSR count). The zero-order valence-electron chi connectivity index (χ0n) is 41.0. The van der Waals surface area contributed by atoms with Crippen molar-refractivity contribution in [1.82, 2.24) is 0 Å². The molecule has 2 unspecified atom stereocenters. The van der Waals surface area contributed by atoms with E-state index in [4.69, 9.17) is 0 Å². The molecule has 11 heteroatoms. The first kappa shape index (κ1) is 65.4. The van der Waals surface area contributed by atoms with E-state index >= 15 is 0 Å². The van der Waals surface area contributed by atoms with E-state index < -0.39 is 47.9 Å². The summed E-state index contributed by atoms with van der Waals surface area (Å²) in [7, 11) is 0. The molecule has 0 amide bonds. The van der Waals surface area contributed by atoms with Crippen molar-refractivity contribution < 1.29 is 49.8 Å². The average molecular weight is 1000 g/mol. The second-order valence-corrected chi connectivity index (χ2v) is 23.9. The third-order valence-corrected chi connectivity index (χ3v) is 17.3. The van der Waals surface area contributed by atoms with Crippen LogP contribution in [0.25, 0.3) is 0 Å². The van der Waals surface area contributed by atoms with E-state index in [0.29, 0.717) is 12.8 Å². The predicted octanol–water partition coefficient (Wildman–Crippen LogP) is 8.66. The second kappa shape index (κ2) is 49.5. The molecule has 4 radical (unpaired) electrons. The van der Waals surface area contributed by atoms with E-state index in [2.05, 4.69) is 52.0 Å². The van der Waals surface area contributed by atoms with Gasteiger partial charge in [-0.3, -0.25) is 0 Å². The fraction of sp³-hybridized carbons (Fsp3) is 0.846. The second-order valence-electron chi connectivity index (χ2n) is 17.9. The molecule has 10 nitrogen and oxygen atoms in total. The molecule has 0 aromatic heterocycles. The molecule has 2 N–H and O–H groups in total. The summed E-state index contributed by atoms with van der Waals surface area (Å²) < 4.78 is 3.33. The molecule has 63 heavy (non-hydrogen) atoms. The number of carboxylic acids is 4. The Balaban J connectivity index is -0.000000956. The number of aliphatic carboxylic acids is 4. The number of unbranched alkanes of at least 4 members (excludes halogenated alkanes) is 26. The van der Waals surface area contributed by atoms with Crippen LogP contribution in [-0.2, 0) is 19.2 Å². The predicted molar refractivity (Wildman–Crippen MR) is 255 cm³/mol. The van der Waals surface area contributed by atoms with Crippen LogP contribution in [0.1, 0.15) is 259 Å². The van der Waals surface area contributed by atoms with Crippen LogP contribution in [0.3, 0.4) is 0 Å². The van der Waals surface area contributed by atoms with Crippen LogP contribution in [-0.4, -0.2) is 66.4 Å². The quantitative estimate of drug-likeness (QED) is 0.0338. The summed E-state index contributed by atoms with van der Waals surface area (Å²) in [6.07, 6.45) is 44.6. The molecule has 0 aromatic carbocycles. The Morgan fingerprint density at radius 2 is 0.619 bits per heavy atom. The molecule has 0 saturated heterocycles. The van der Waals surface area contributed by atoms with Gasteiger partial charge in [0.2, 0.25) is 0 Å². The summed E-state index contributed by atoms with van der Waals surface area (Å²) in [5.41, 5.74) is -4.61. The Hall–Kier alpha value is -1.92. The molecule has 0 fully saturated rings. The first-order valence-corrected chi connectivity index (χ1v) is 31.5. The van der Waals surface area contributed by atoms with Crippen LogP contribution in [0.5, 0.6) is 0 Å². The number of hydrogen-bond donors (Lipinski definition) is 2. The number of carbonyl (C=O) groups excluding carboxylic acids is 4. The van der Waals surface area contributed by atoms with Gasteiger partial charge in [-0.25, -0.2) is 0 Å². The molecule has 368 valence electrons. The van der Waals surface area contributed by atoms with Crippen LogP contribution in [0.15, 0.2) is 24.3 Å². The van der Waals surface area contributed by atoms with Crippen molar-refractivity contribution in [2.75, 3.05) is 0 Å². The summed E-state index contributed by atoms with van der Waals surface area (Å²) in [6.45, 7) is 9.07. The van der Waals surface area contributed by atoms with Crippen molar-refractivity contribution in [2.24, 2.45) is 0 Å². The normalized spacial score (nSPS) is 13.2. The van der Waals surface area contributed by atoms with E-state index in [9.17, 15) is 49.8 Å². The van der Waals surface area contributed by atoms with Gasteiger partial charge in [0.05, 0.1) is 11.9 Å². The minimum absolute atomic E-state index is 0.107. The van der Waals surface area contributed by atoms with Crippen LogP contribution >= 0.6 is 0 Å². The molecule has 0 aliphatic carbocycles. The Morgan fingerprint density at radius 1 is 0.381 bits per heavy atom. The third kappa shape index (κ3) is 49.4. The molecule has 0 aromatic rings. The molecule has 0 aliphatic heterocycles. The van der Waals surface area contributed by atoms with E-state index in [0.717, 1.165) is 77.0 Å². The molecule has 0 saturated carbocycles. The number of aliphatic hydroxyl groups is 2.